The first kappa shape index (κ1) is 22.6. The van der Waals surface area contributed by atoms with Gasteiger partial charge in [-0.05, 0) is 43.7 Å². The van der Waals surface area contributed by atoms with Crippen molar-refractivity contribution >= 4 is 21.6 Å². The zero-order valence-corrected chi connectivity index (χ0v) is 17.9. The van der Waals surface area contributed by atoms with Crippen molar-refractivity contribution in [3.63, 3.8) is 0 Å². The van der Waals surface area contributed by atoms with Crippen LogP contribution in [0.25, 0.3) is 0 Å². The Labute approximate surface area is 180 Å². The number of nitrogens with zero attached hydrogens (tertiary/aromatic N) is 1. The number of nitrogens with one attached hydrogen (secondary N) is 1. The number of anilines is 1. The van der Waals surface area contributed by atoms with Crippen LogP contribution in [0.15, 0.2) is 71.6 Å². The van der Waals surface area contributed by atoms with E-state index in [4.69, 9.17) is 0 Å². The van der Waals surface area contributed by atoms with Gasteiger partial charge in [-0.1, -0.05) is 47.5 Å². The van der Waals surface area contributed by atoms with Crippen molar-refractivity contribution in [2.75, 3.05) is 11.9 Å². The lowest BCUT2D eigenvalue weighted by Crippen LogP contribution is -2.37. The van der Waals surface area contributed by atoms with E-state index >= 15 is 0 Å². The lowest BCUT2D eigenvalue weighted by Gasteiger charge is -2.22. The smallest absolute Gasteiger partial charge is 0.243 e. The molecule has 0 spiro atoms. The van der Waals surface area contributed by atoms with E-state index in [0.29, 0.717) is 11.6 Å². The van der Waals surface area contributed by atoms with E-state index in [1.54, 1.807) is 24.3 Å². The Morgan fingerprint density at radius 3 is 2.29 bits per heavy atom. The Bertz CT molecular complexity index is 1200. The largest absolute Gasteiger partial charge is 0.322 e. The molecule has 0 unspecified atom stereocenters. The normalized spacial score (nSPS) is 11.5. The van der Waals surface area contributed by atoms with Crippen molar-refractivity contribution < 1.29 is 22.0 Å². The average Bonchev–Trinajstić information content (AvgIpc) is 2.70. The zero-order chi connectivity index (χ0) is 22.6. The van der Waals surface area contributed by atoms with Gasteiger partial charge < -0.3 is 5.32 Å². The van der Waals surface area contributed by atoms with Crippen molar-refractivity contribution in [2.24, 2.45) is 0 Å². The maximum atomic E-state index is 13.9. The van der Waals surface area contributed by atoms with Crippen LogP contribution in [-0.2, 0) is 21.4 Å². The first-order valence-electron chi connectivity index (χ1n) is 9.52. The standard InChI is InChI=1S/C23H22F2N2O3S/c1-16-6-9-20(10-7-16)31(29,30)27(14-18-5-3-4-17(2)12-18)15-23(28)26-22-11-8-19(24)13-21(22)25/h3-13H,14-15H2,1-2H3,(H,26,28). The second-order valence-corrected chi connectivity index (χ2v) is 9.19. The molecule has 0 aliphatic carbocycles. The maximum absolute atomic E-state index is 13.9. The lowest BCUT2D eigenvalue weighted by atomic mass is 10.1. The summed E-state index contributed by atoms with van der Waals surface area (Å²) in [5.41, 5.74) is 2.32. The molecular formula is C23H22F2N2O3S. The summed E-state index contributed by atoms with van der Waals surface area (Å²) in [5.74, 6) is -2.47. The molecule has 3 rings (SSSR count). The summed E-state index contributed by atoms with van der Waals surface area (Å²) in [6.07, 6.45) is 0. The minimum atomic E-state index is -4.01. The number of aryl methyl sites for hydroxylation is 2. The number of rotatable bonds is 7. The Kier molecular flexibility index (Phi) is 6.82. The fourth-order valence-corrected chi connectivity index (χ4v) is 4.42. The number of benzene rings is 3. The van der Waals surface area contributed by atoms with Gasteiger partial charge in [0.1, 0.15) is 11.6 Å². The van der Waals surface area contributed by atoms with Crippen LogP contribution in [0, 0.1) is 25.5 Å². The van der Waals surface area contributed by atoms with Crippen LogP contribution >= 0.6 is 0 Å². The number of hydrogen-bond donors (Lipinski definition) is 1. The van der Waals surface area contributed by atoms with Gasteiger partial charge in [0, 0.05) is 12.6 Å². The highest BCUT2D eigenvalue weighted by Crippen LogP contribution is 2.20. The van der Waals surface area contributed by atoms with E-state index in [0.717, 1.165) is 27.6 Å². The Hall–Kier alpha value is -3.10. The third-order valence-corrected chi connectivity index (χ3v) is 6.43. The highest BCUT2D eigenvalue weighted by molar-refractivity contribution is 7.89. The van der Waals surface area contributed by atoms with Crippen molar-refractivity contribution in [3.05, 3.63) is 95.1 Å². The number of amides is 1. The molecule has 0 saturated carbocycles. The van der Waals surface area contributed by atoms with Crippen LogP contribution in [-0.4, -0.2) is 25.2 Å². The summed E-state index contributed by atoms with van der Waals surface area (Å²) in [4.78, 5) is 12.6. The monoisotopic (exact) mass is 444 g/mol. The molecule has 162 valence electrons. The molecule has 0 fully saturated rings. The summed E-state index contributed by atoms with van der Waals surface area (Å²) < 4.78 is 54.5. The summed E-state index contributed by atoms with van der Waals surface area (Å²) in [7, 11) is -4.01. The fraction of sp³-hybridized carbons (Fsp3) is 0.174. The summed E-state index contributed by atoms with van der Waals surface area (Å²) in [6.45, 7) is 3.14. The molecule has 5 nitrogen and oxygen atoms in total. The first-order chi connectivity index (χ1) is 14.6. The lowest BCUT2D eigenvalue weighted by molar-refractivity contribution is -0.116. The predicted molar refractivity (Wildman–Crippen MR) is 115 cm³/mol. The van der Waals surface area contributed by atoms with Crippen LogP contribution in [0.4, 0.5) is 14.5 Å². The molecule has 0 saturated heterocycles. The molecule has 3 aromatic rings. The number of hydrogen-bond acceptors (Lipinski definition) is 3. The minimum absolute atomic E-state index is 0.0444. The predicted octanol–water partition coefficient (Wildman–Crippen LogP) is 4.41. The summed E-state index contributed by atoms with van der Waals surface area (Å²) in [6, 6.07) is 16.3. The van der Waals surface area contributed by atoms with Gasteiger partial charge in [-0.2, -0.15) is 4.31 Å². The topological polar surface area (TPSA) is 66.5 Å². The van der Waals surface area contributed by atoms with E-state index in [-0.39, 0.29) is 17.1 Å². The molecule has 8 heteroatoms. The second kappa shape index (κ2) is 9.36. The van der Waals surface area contributed by atoms with Gasteiger partial charge in [0.25, 0.3) is 0 Å². The quantitative estimate of drug-likeness (QED) is 0.587. The SMILES string of the molecule is Cc1ccc(S(=O)(=O)N(CC(=O)Nc2ccc(F)cc2F)Cc2cccc(C)c2)cc1. The molecule has 31 heavy (non-hydrogen) atoms. The number of carbonyl (C=O) groups excluding carboxylic acids is 1. The van der Waals surface area contributed by atoms with Gasteiger partial charge in [0.05, 0.1) is 17.1 Å². The molecule has 0 aliphatic rings. The van der Waals surface area contributed by atoms with Crippen molar-refractivity contribution in [1.29, 1.82) is 0 Å². The van der Waals surface area contributed by atoms with E-state index in [9.17, 15) is 22.0 Å². The van der Waals surface area contributed by atoms with Gasteiger partial charge >= 0.3 is 0 Å². The average molecular weight is 445 g/mol. The minimum Gasteiger partial charge on any atom is -0.322 e. The molecule has 3 aromatic carbocycles. The van der Waals surface area contributed by atoms with E-state index in [2.05, 4.69) is 5.32 Å². The Balaban J connectivity index is 1.89. The zero-order valence-electron chi connectivity index (χ0n) is 17.1. The maximum Gasteiger partial charge on any atom is 0.243 e. The summed E-state index contributed by atoms with van der Waals surface area (Å²) >= 11 is 0. The van der Waals surface area contributed by atoms with Crippen molar-refractivity contribution in [1.82, 2.24) is 4.31 Å². The first-order valence-corrected chi connectivity index (χ1v) is 11.0. The van der Waals surface area contributed by atoms with Gasteiger partial charge in [-0.25, -0.2) is 17.2 Å². The van der Waals surface area contributed by atoms with Crippen LogP contribution in [0.1, 0.15) is 16.7 Å². The highest BCUT2D eigenvalue weighted by Gasteiger charge is 2.27. The number of halogens is 2. The second-order valence-electron chi connectivity index (χ2n) is 7.25. The molecule has 0 bridgehead atoms. The van der Waals surface area contributed by atoms with E-state index < -0.39 is 34.1 Å². The van der Waals surface area contributed by atoms with Crippen LogP contribution in [0.2, 0.25) is 0 Å². The Morgan fingerprint density at radius 1 is 0.935 bits per heavy atom. The number of carbonyl (C=O) groups is 1. The molecule has 0 atom stereocenters. The fourth-order valence-electron chi connectivity index (χ4n) is 3.04. The molecular weight excluding hydrogens is 422 g/mol. The highest BCUT2D eigenvalue weighted by atomic mass is 32.2. The third kappa shape index (κ3) is 5.74. The molecule has 0 heterocycles. The van der Waals surface area contributed by atoms with Crippen molar-refractivity contribution in [3.8, 4) is 0 Å². The third-order valence-electron chi connectivity index (χ3n) is 4.63. The van der Waals surface area contributed by atoms with E-state index in [1.165, 1.54) is 12.1 Å². The molecule has 0 aromatic heterocycles. The van der Waals surface area contributed by atoms with Gasteiger partial charge in [-0.15, -0.1) is 0 Å². The number of sulfonamides is 1. The van der Waals surface area contributed by atoms with Crippen molar-refractivity contribution in [2.45, 2.75) is 25.3 Å². The van der Waals surface area contributed by atoms with Gasteiger partial charge in [0.2, 0.25) is 15.9 Å². The summed E-state index contributed by atoms with van der Waals surface area (Å²) in [5, 5.41) is 2.31. The Morgan fingerprint density at radius 2 is 1.65 bits per heavy atom. The van der Waals surface area contributed by atoms with E-state index in [1.807, 2.05) is 26.0 Å². The molecule has 0 aliphatic heterocycles. The van der Waals surface area contributed by atoms with Crippen LogP contribution in [0.3, 0.4) is 0 Å². The van der Waals surface area contributed by atoms with Gasteiger partial charge in [-0.3, -0.25) is 4.79 Å². The molecule has 0 radical (unpaired) electrons. The van der Waals surface area contributed by atoms with Crippen LogP contribution < -0.4 is 5.32 Å². The van der Waals surface area contributed by atoms with Crippen LogP contribution in [0.5, 0.6) is 0 Å². The molecule has 1 N–H and O–H groups in total. The van der Waals surface area contributed by atoms with Gasteiger partial charge in [0.15, 0.2) is 0 Å². The molecule has 1 amide bonds.